The van der Waals surface area contributed by atoms with E-state index in [0.29, 0.717) is 17.0 Å². The van der Waals surface area contributed by atoms with Gasteiger partial charge in [-0.15, -0.1) is 6.58 Å². The first-order valence-corrected chi connectivity index (χ1v) is 9.92. The van der Waals surface area contributed by atoms with Crippen molar-refractivity contribution in [1.82, 2.24) is 20.6 Å². The molecule has 0 radical (unpaired) electrons. The molecule has 0 aliphatic carbocycles. The smallest absolute Gasteiger partial charge is 0.252 e. The highest BCUT2D eigenvalue weighted by atomic mass is 19.1. The monoisotopic (exact) mass is 446 g/mol. The van der Waals surface area contributed by atoms with Crippen LogP contribution in [0.25, 0.3) is 10.9 Å². The summed E-state index contributed by atoms with van der Waals surface area (Å²) in [6.07, 6.45) is 3.53. The number of amides is 1. The topological polar surface area (TPSA) is 86.9 Å². The number of nitrogens with one attached hydrogen (secondary N) is 3. The van der Waals surface area contributed by atoms with Gasteiger partial charge >= 0.3 is 0 Å². The lowest BCUT2D eigenvalue weighted by Gasteiger charge is -2.14. The molecule has 0 bridgehead atoms. The maximum Gasteiger partial charge on any atom is 0.252 e. The van der Waals surface area contributed by atoms with Gasteiger partial charge in [-0.1, -0.05) is 6.08 Å². The third-order valence-electron chi connectivity index (χ3n) is 4.46. The van der Waals surface area contributed by atoms with Gasteiger partial charge < -0.3 is 15.6 Å². The van der Waals surface area contributed by atoms with Crippen LogP contribution in [0.3, 0.4) is 0 Å². The molecule has 1 aromatic carbocycles. The highest BCUT2D eigenvalue weighted by Gasteiger charge is 2.17. The molecule has 0 saturated carbocycles. The number of aromatic nitrogens is 2. The second kappa shape index (κ2) is 11.8. The molecule has 9 heteroatoms. The molecule has 2 aromatic heterocycles. The lowest BCUT2D eigenvalue weighted by molar-refractivity contribution is -0.121. The largest absolute Gasteiger partial charge is 0.348 e. The van der Waals surface area contributed by atoms with Crippen molar-refractivity contribution in [3.8, 4) is 0 Å². The molecule has 0 spiro atoms. The van der Waals surface area contributed by atoms with Crippen molar-refractivity contribution in [1.29, 1.82) is 0 Å². The Labute approximate surface area is 183 Å². The fourth-order valence-corrected chi connectivity index (χ4v) is 2.88. The van der Waals surface area contributed by atoms with Gasteiger partial charge in [-0.2, -0.15) is 0 Å². The second-order valence-electron chi connectivity index (χ2n) is 7.02. The predicted molar refractivity (Wildman–Crippen MR) is 118 cm³/mol. The summed E-state index contributed by atoms with van der Waals surface area (Å²) in [7, 11) is 1.93. The van der Waals surface area contributed by atoms with Gasteiger partial charge in [0.2, 0.25) is 5.91 Å². The Bertz CT molecular complexity index is 1150. The third-order valence-corrected chi connectivity index (χ3v) is 4.46. The summed E-state index contributed by atoms with van der Waals surface area (Å²) < 4.78 is 39.9. The van der Waals surface area contributed by atoms with E-state index in [4.69, 9.17) is 0 Å². The number of pyridine rings is 2. The van der Waals surface area contributed by atoms with Gasteiger partial charge in [0.1, 0.15) is 17.5 Å². The number of hydrogen-bond donors (Lipinski definition) is 3. The van der Waals surface area contributed by atoms with Crippen molar-refractivity contribution in [2.24, 2.45) is 0 Å². The van der Waals surface area contributed by atoms with Crippen molar-refractivity contribution < 1.29 is 18.0 Å². The molecule has 170 valence electrons. The van der Waals surface area contributed by atoms with Crippen molar-refractivity contribution in [3.05, 3.63) is 88.2 Å². The summed E-state index contributed by atoms with van der Waals surface area (Å²) in [5, 5.41) is 5.95. The Balaban J connectivity index is 0.000000534. The fourth-order valence-electron chi connectivity index (χ4n) is 2.88. The average Bonchev–Trinajstić information content (AvgIpc) is 2.73. The highest BCUT2D eigenvalue weighted by molar-refractivity contribution is 5.82. The number of fused-ring (bicyclic) bond motifs is 1. The Kier molecular flexibility index (Phi) is 9.15. The minimum absolute atomic E-state index is 0.116. The van der Waals surface area contributed by atoms with Crippen LogP contribution >= 0.6 is 0 Å². The van der Waals surface area contributed by atoms with Gasteiger partial charge in [-0.3, -0.25) is 14.6 Å². The van der Waals surface area contributed by atoms with Gasteiger partial charge in [0, 0.05) is 22.5 Å². The number of aromatic amines is 1. The first-order chi connectivity index (χ1) is 15.2. The maximum atomic E-state index is 13.7. The first-order valence-electron chi connectivity index (χ1n) is 9.92. The molecule has 3 N–H and O–H groups in total. The molecule has 32 heavy (non-hydrogen) atoms. The van der Waals surface area contributed by atoms with Crippen LogP contribution in [-0.4, -0.2) is 29.5 Å². The highest BCUT2D eigenvalue weighted by Crippen LogP contribution is 2.16. The third kappa shape index (κ3) is 7.05. The molecule has 0 saturated heterocycles. The number of hydrogen-bond acceptors (Lipinski definition) is 4. The van der Waals surface area contributed by atoms with E-state index in [2.05, 4.69) is 27.2 Å². The lowest BCUT2D eigenvalue weighted by Crippen LogP contribution is -2.31. The number of carbonyl (C=O) groups excluding carboxylic acids is 1. The van der Waals surface area contributed by atoms with E-state index in [9.17, 15) is 22.8 Å². The molecule has 0 aliphatic heterocycles. The molecule has 3 aromatic rings. The van der Waals surface area contributed by atoms with Crippen LogP contribution in [0.4, 0.5) is 13.2 Å². The van der Waals surface area contributed by atoms with E-state index in [-0.39, 0.29) is 17.7 Å². The summed E-state index contributed by atoms with van der Waals surface area (Å²) in [4.78, 5) is 30.4. The zero-order valence-electron chi connectivity index (χ0n) is 17.8. The number of carbonyl (C=O) groups is 1. The summed E-state index contributed by atoms with van der Waals surface area (Å²) in [6, 6.07) is 5.18. The van der Waals surface area contributed by atoms with E-state index >= 15 is 0 Å². The van der Waals surface area contributed by atoms with Gasteiger partial charge in [0.15, 0.2) is 0 Å². The molecule has 6 nitrogen and oxygen atoms in total. The summed E-state index contributed by atoms with van der Waals surface area (Å²) in [5.74, 6) is -2.72. The zero-order valence-corrected chi connectivity index (χ0v) is 17.8. The van der Waals surface area contributed by atoms with Crippen LogP contribution in [0.15, 0.2) is 54.0 Å². The molecule has 1 amide bonds. The maximum absolute atomic E-state index is 13.7. The van der Waals surface area contributed by atoms with E-state index < -0.39 is 35.0 Å². The minimum Gasteiger partial charge on any atom is -0.348 e. The first kappa shape index (κ1) is 24.8. The Hall–Kier alpha value is -3.46. The van der Waals surface area contributed by atoms with Crippen LogP contribution in [0.2, 0.25) is 0 Å². The molecule has 0 aliphatic rings. The fraction of sp³-hybridized carbons (Fsp3) is 0.261. The number of rotatable bonds is 7. The SMILES string of the molecule is C=CCCNC.CC(NC(=O)Cc1cc2cc(F)ccc2[nH]c1=O)c1ncc(F)cc1F. The van der Waals surface area contributed by atoms with Crippen molar-refractivity contribution in [2.45, 2.75) is 25.8 Å². The molecular weight excluding hydrogens is 421 g/mol. The van der Waals surface area contributed by atoms with Crippen LogP contribution in [0, 0.1) is 17.5 Å². The summed E-state index contributed by atoms with van der Waals surface area (Å²) in [5.41, 5.74) is -0.000845. The van der Waals surface area contributed by atoms with Gasteiger partial charge in [-0.25, -0.2) is 13.2 Å². The minimum atomic E-state index is -0.878. The summed E-state index contributed by atoms with van der Waals surface area (Å²) >= 11 is 0. The molecule has 1 atom stereocenters. The zero-order chi connectivity index (χ0) is 23.7. The number of nitrogens with zero attached hydrogens (tertiary/aromatic N) is 1. The van der Waals surface area contributed by atoms with Gasteiger partial charge in [-0.05, 0) is 51.2 Å². The number of H-pyrrole nitrogens is 1. The van der Waals surface area contributed by atoms with Crippen LogP contribution in [0.5, 0.6) is 0 Å². The number of halogens is 3. The Morgan fingerprint density at radius 2 is 1.97 bits per heavy atom. The standard InChI is InChI=1S/C18H14F3N3O2.C5H11N/c1-9(17-14(21)7-13(20)8-22-17)23-16(25)6-11-4-10-5-12(19)2-3-15(10)24-18(11)26;1-3-4-5-6-2/h2-5,7-9H,6H2,1H3,(H,23,25)(H,24,26);3,6H,1,4-5H2,2H3. The normalized spacial score (nSPS) is 11.4. The molecule has 0 fully saturated rings. The van der Waals surface area contributed by atoms with E-state index in [0.717, 1.165) is 19.2 Å². The van der Waals surface area contributed by atoms with Crippen molar-refractivity contribution in [3.63, 3.8) is 0 Å². The average molecular weight is 446 g/mol. The van der Waals surface area contributed by atoms with Crippen LogP contribution < -0.4 is 16.2 Å². The molecule has 1 unspecified atom stereocenters. The van der Waals surface area contributed by atoms with Crippen molar-refractivity contribution in [2.75, 3.05) is 13.6 Å². The molecular formula is C23H25F3N4O2. The lowest BCUT2D eigenvalue weighted by atomic mass is 10.1. The van der Waals surface area contributed by atoms with E-state index in [1.807, 2.05) is 13.1 Å². The van der Waals surface area contributed by atoms with Crippen molar-refractivity contribution >= 4 is 16.8 Å². The molecule has 2 heterocycles. The van der Waals surface area contributed by atoms with Gasteiger partial charge in [0.05, 0.1) is 24.4 Å². The van der Waals surface area contributed by atoms with Crippen LogP contribution in [0.1, 0.15) is 30.6 Å². The second-order valence-corrected chi connectivity index (χ2v) is 7.02. The van der Waals surface area contributed by atoms with E-state index in [1.165, 1.54) is 31.2 Å². The summed E-state index contributed by atoms with van der Waals surface area (Å²) in [6.45, 7) is 6.09. The Morgan fingerprint density at radius 3 is 2.59 bits per heavy atom. The number of benzene rings is 1. The van der Waals surface area contributed by atoms with E-state index in [1.54, 1.807) is 0 Å². The predicted octanol–water partition coefficient (Wildman–Crippen LogP) is 3.54. The van der Waals surface area contributed by atoms with Gasteiger partial charge in [0.25, 0.3) is 5.56 Å². The van der Waals surface area contributed by atoms with Crippen LogP contribution in [-0.2, 0) is 11.2 Å². The quantitative estimate of drug-likeness (QED) is 0.383. The molecule has 3 rings (SSSR count). The Morgan fingerprint density at radius 1 is 1.22 bits per heavy atom.